The number of aromatic nitrogens is 2. The van der Waals surface area contributed by atoms with Crippen LogP contribution >= 0.6 is 0 Å². The van der Waals surface area contributed by atoms with Gasteiger partial charge in [-0.15, -0.1) is 0 Å². The zero-order valence-corrected chi connectivity index (χ0v) is 19.2. The summed E-state index contributed by atoms with van der Waals surface area (Å²) >= 11 is 0. The molecular formula is C24H29N9. The normalized spacial score (nSPS) is 14.8. The highest BCUT2D eigenvalue weighted by Gasteiger charge is 2.28. The predicted octanol–water partition coefficient (Wildman–Crippen LogP) is 3.06. The van der Waals surface area contributed by atoms with Crippen LogP contribution in [0.25, 0.3) is 16.8 Å². The summed E-state index contributed by atoms with van der Waals surface area (Å²) in [5.74, 6) is 0.514. The number of amidine groups is 1. The molecule has 33 heavy (non-hydrogen) atoms. The van der Waals surface area contributed by atoms with E-state index in [4.69, 9.17) is 16.6 Å². The average Bonchev–Trinajstić information content (AvgIpc) is 2.85. The van der Waals surface area contributed by atoms with Crippen molar-refractivity contribution in [3.05, 3.63) is 47.3 Å². The first-order valence-electron chi connectivity index (χ1n) is 10.7. The summed E-state index contributed by atoms with van der Waals surface area (Å²) in [5, 5.41) is 34.1. The van der Waals surface area contributed by atoms with Gasteiger partial charge in [0.2, 0.25) is 0 Å². The maximum Gasteiger partial charge on any atom is 0.104 e. The quantitative estimate of drug-likeness (QED) is 0.463. The summed E-state index contributed by atoms with van der Waals surface area (Å²) in [7, 11) is 3.39. The zero-order valence-electron chi connectivity index (χ0n) is 19.2. The van der Waals surface area contributed by atoms with Gasteiger partial charge in [0.1, 0.15) is 11.9 Å². The molecule has 2 heterocycles. The number of aryl methyl sites for hydroxylation is 1. The maximum absolute atomic E-state index is 10.2. The fourth-order valence-corrected chi connectivity index (χ4v) is 4.11. The number of hydrogen-bond donors (Lipinski definition) is 3. The molecule has 170 valence electrons. The summed E-state index contributed by atoms with van der Waals surface area (Å²) in [5.41, 5.74) is 11.3. The first kappa shape index (κ1) is 23.6. The second-order valence-corrected chi connectivity index (χ2v) is 8.00. The Bertz CT molecular complexity index is 1140. The third kappa shape index (κ3) is 5.06. The molecule has 0 aliphatic carbocycles. The molecule has 1 saturated heterocycles. The SMILES string of the molecule is CN=CC=C(N)c1ccc(-c2cnnc(C)c2)c(N2CCC(C(=N)N(C)C=N)CC2)c1C#N. The van der Waals surface area contributed by atoms with E-state index in [0.29, 0.717) is 35.7 Å². The molecule has 0 saturated carbocycles. The van der Waals surface area contributed by atoms with Crippen molar-refractivity contribution >= 4 is 29.8 Å². The van der Waals surface area contributed by atoms with Crippen LogP contribution in [-0.2, 0) is 0 Å². The van der Waals surface area contributed by atoms with Gasteiger partial charge in [0.15, 0.2) is 0 Å². The van der Waals surface area contributed by atoms with E-state index in [1.54, 1.807) is 37.5 Å². The third-order valence-corrected chi connectivity index (χ3v) is 5.86. The number of benzene rings is 1. The Morgan fingerprint density at radius 2 is 2.09 bits per heavy atom. The van der Waals surface area contributed by atoms with Crippen molar-refractivity contribution in [2.45, 2.75) is 19.8 Å². The van der Waals surface area contributed by atoms with Gasteiger partial charge in [-0.25, -0.2) is 0 Å². The standard InChI is InChI=1S/C24H29N9/c1-16-12-18(14-30-31-16)19-4-5-20(22(27)6-9-29-2)21(13-25)23(19)33-10-7-17(8-11-33)24(28)32(3)15-26/h4-6,9,12,14-15,17,26,28H,7-8,10-11,27H2,1-3H3. The number of aliphatic imine (C=N–C) groups is 1. The number of hydrogen-bond acceptors (Lipinski definition) is 8. The molecule has 9 heteroatoms. The van der Waals surface area contributed by atoms with E-state index in [-0.39, 0.29) is 5.92 Å². The van der Waals surface area contributed by atoms with Crippen LogP contribution in [-0.4, -0.2) is 60.7 Å². The van der Waals surface area contributed by atoms with Crippen LogP contribution in [0.1, 0.15) is 29.7 Å². The second kappa shape index (κ2) is 10.5. The van der Waals surface area contributed by atoms with Gasteiger partial charge in [0.25, 0.3) is 0 Å². The molecule has 1 aromatic heterocycles. The van der Waals surface area contributed by atoms with Gasteiger partial charge in [-0.1, -0.05) is 12.1 Å². The van der Waals surface area contributed by atoms with Gasteiger partial charge in [-0.3, -0.25) is 15.8 Å². The van der Waals surface area contributed by atoms with E-state index in [9.17, 15) is 5.26 Å². The predicted molar refractivity (Wildman–Crippen MR) is 133 cm³/mol. The number of nitrogens with one attached hydrogen (secondary N) is 2. The Balaban J connectivity index is 2.08. The van der Waals surface area contributed by atoms with Gasteiger partial charge in [-0.05, 0) is 31.9 Å². The van der Waals surface area contributed by atoms with E-state index in [0.717, 1.165) is 41.7 Å². The molecule has 3 rings (SSSR count). The number of rotatable bonds is 6. The lowest BCUT2D eigenvalue weighted by Gasteiger charge is -2.37. The van der Waals surface area contributed by atoms with Crippen LogP contribution in [0.4, 0.5) is 5.69 Å². The first-order valence-corrected chi connectivity index (χ1v) is 10.7. The molecule has 9 nitrogen and oxygen atoms in total. The Hall–Kier alpha value is -4.06. The fraction of sp³-hybridized carbons (Fsp3) is 0.333. The number of allylic oxidation sites excluding steroid dienone is 1. The molecule has 0 amide bonds. The molecule has 0 atom stereocenters. The van der Waals surface area contributed by atoms with Gasteiger partial charge in [0, 0.05) is 61.7 Å². The summed E-state index contributed by atoms with van der Waals surface area (Å²) in [6.07, 6.45) is 7.68. The summed E-state index contributed by atoms with van der Waals surface area (Å²) in [6, 6.07) is 8.18. The van der Waals surface area contributed by atoms with Gasteiger partial charge < -0.3 is 15.5 Å². The van der Waals surface area contributed by atoms with E-state index in [1.165, 1.54) is 0 Å². The highest BCUT2D eigenvalue weighted by Crippen LogP contribution is 2.39. The van der Waals surface area contributed by atoms with Crippen LogP contribution in [0.2, 0.25) is 0 Å². The molecule has 0 spiro atoms. The molecule has 0 radical (unpaired) electrons. The van der Waals surface area contributed by atoms with Crippen molar-refractivity contribution in [3.8, 4) is 17.2 Å². The lowest BCUT2D eigenvalue weighted by molar-refractivity contribution is 0.473. The largest absolute Gasteiger partial charge is 0.398 e. The minimum Gasteiger partial charge on any atom is -0.398 e. The van der Waals surface area contributed by atoms with Gasteiger partial charge in [-0.2, -0.15) is 15.5 Å². The van der Waals surface area contributed by atoms with Crippen molar-refractivity contribution in [1.29, 1.82) is 16.1 Å². The molecular weight excluding hydrogens is 414 g/mol. The number of nitriles is 1. The van der Waals surface area contributed by atoms with Crippen LogP contribution in [0.15, 0.2) is 35.5 Å². The molecule has 1 aliphatic rings. The Morgan fingerprint density at radius 3 is 2.70 bits per heavy atom. The molecule has 1 fully saturated rings. The minimum absolute atomic E-state index is 0.0700. The van der Waals surface area contributed by atoms with Gasteiger partial charge in [0.05, 0.1) is 29.5 Å². The Kier molecular flexibility index (Phi) is 7.51. The molecule has 1 aliphatic heterocycles. The van der Waals surface area contributed by atoms with Crippen molar-refractivity contribution in [2.75, 3.05) is 32.1 Å². The third-order valence-electron chi connectivity index (χ3n) is 5.86. The molecule has 2 aromatic rings. The molecule has 4 N–H and O–H groups in total. The molecule has 0 bridgehead atoms. The maximum atomic E-state index is 10.2. The van der Waals surface area contributed by atoms with Crippen LogP contribution in [0, 0.1) is 35.0 Å². The Morgan fingerprint density at radius 1 is 1.36 bits per heavy atom. The fourth-order valence-electron chi connectivity index (χ4n) is 4.11. The smallest absolute Gasteiger partial charge is 0.104 e. The first-order chi connectivity index (χ1) is 15.9. The topological polar surface area (TPSA) is 142 Å². The highest BCUT2D eigenvalue weighted by atomic mass is 15.2. The average molecular weight is 444 g/mol. The number of anilines is 1. The van der Waals surface area contributed by atoms with Gasteiger partial charge >= 0.3 is 0 Å². The lowest BCUT2D eigenvalue weighted by Crippen LogP contribution is -2.41. The van der Waals surface area contributed by atoms with Crippen LogP contribution in [0.5, 0.6) is 0 Å². The van der Waals surface area contributed by atoms with Crippen LogP contribution < -0.4 is 10.6 Å². The Labute approximate surface area is 194 Å². The number of piperidine rings is 1. The molecule has 0 unspecified atom stereocenters. The zero-order chi connectivity index (χ0) is 24.0. The van der Waals surface area contributed by atoms with E-state index in [2.05, 4.69) is 26.2 Å². The van der Waals surface area contributed by atoms with E-state index in [1.807, 2.05) is 25.1 Å². The highest BCUT2D eigenvalue weighted by molar-refractivity contribution is 5.92. The lowest BCUT2D eigenvalue weighted by atomic mass is 9.90. The van der Waals surface area contributed by atoms with Crippen molar-refractivity contribution in [1.82, 2.24) is 15.1 Å². The summed E-state index contributed by atoms with van der Waals surface area (Å²) in [6.45, 7) is 3.25. The number of nitrogens with zero attached hydrogens (tertiary/aromatic N) is 6. The number of nitrogens with two attached hydrogens (primary N) is 1. The van der Waals surface area contributed by atoms with E-state index >= 15 is 0 Å². The summed E-state index contributed by atoms with van der Waals surface area (Å²) in [4.78, 5) is 7.70. The van der Waals surface area contributed by atoms with Crippen molar-refractivity contribution in [3.63, 3.8) is 0 Å². The van der Waals surface area contributed by atoms with Crippen molar-refractivity contribution < 1.29 is 0 Å². The summed E-state index contributed by atoms with van der Waals surface area (Å²) < 4.78 is 0. The molecule has 1 aromatic carbocycles. The second-order valence-electron chi connectivity index (χ2n) is 8.00. The minimum atomic E-state index is 0.0700. The van der Waals surface area contributed by atoms with Crippen molar-refractivity contribution in [2.24, 2.45) is 16.6 Å². The van der Waals surface area contributed by atoms with E-state index < -0.39 is 0 Å². The monoisotopic (exact) mass is 443 g/mol. The van der Waals surface area contributed by atoms with Crippen LogP contribution in [0.3, 0.4) is 0 Å².